The van der Waals surface area contributed by atoms with Gasteiger partial charge in [-0.15, -0.1) is 0 Å². The molecule has 23 heavy (non-hydrogen) atoms. The predicted molar refractivity (Wildman–Crippen MR) is 81.7 cm³/mol. The van der Waals surface area contributed by atoms with Crippen LogP contribution in [0.5, 0.6) is 0 Å². The fourth-order valence-corrected chi connectivity index (χ4v) is 1.81. The second-order valence-corrected chi connectivity index (χ2v) is 4.97. The number of hydrazone groups is 1. The number of hydrogen-bond donors (Lipinski definition) is 2. The molecule has 1 amide bonds. The molecule has 1 unspecified atom stereocenters. The van der Waals surface area contributed by atoms with Crippen LogP contribution < -0.4 is 5.43 Å². The fourth-order valence-electron chi connectivity index (χ4n) is 1.81. The van der Waals surface area contributed by atoms with E-state index in [1.807, 2.05) is 0 Å². The molecule has 0 aliphatic heterocycles. The van der Waals surface area contributed by atoms with Gasteiger partial charge in [-0.2, -0.15) is 5.10 Å². The van der Waals surface area contributed by atoms with Crippen molar-refractivity contribution in [2.24, 2.45) is 5.10 Å². The summed E-state index contributed by atoms with van der Waals surface area (Å²) in [7, 11) is 0. The molecule has 8 nitrogen and oxygen atoms in total. The van der Waals surface area contributed by atoms with Crippen LogP contribution in [0.1, 0.15) is 25.2 Å². The molecule has 2 rings (SSSR count). The molecule has 1 atom stereocenters. The Morgan fingerprint density at radius 1 is 1.30 bits per heavy atom. The molecular formula is C15H15N3O5. The molecule has 2 N–H and O–H groups in total. The van der Waals surface area contributed by atoms with Crippen molar-refractivity contribution in [1.29, 1.82) is 0 Å². The monoisotopic (exact) mass is 317 g/mol. The Balaban J connectivity index is 2.11. The number of nitro groups is 1. The highest BCUT2D eigenvalue weighted by Crippen LogP contribution is 2.20. The van der Waals surface area contributed by atoms with Crippen molar-refractivity contribution in [1.82, 2.24) is 5.43 Å². The first-order chi connectivity index (χ1) is 10.8. The maximum absolute atomic E-state index is 12.1. The van der Waals surface area contributed by atoms with Gasteiger partial charge in [-0.05, 0) is 25.5 Å². The van der Waals surface area contributed by atoms with Crippen LogP contribution in [0.3, 0.4) is 0 Å². The number of carbonyl (C=O) groups is 1. The first kappa shape index (κ1) is 16.4. The van der Waals surface area contributed by atoms with E-state index in [9.17, 15) is 20.0 Å². The fraction of sp³-hybridized carbons (Fsp3) is 0.200. The summed E-state index contributed by atoms with van der Waals surface area (Å²) in [6.07, 6.45) is 0. The van der Waals surface area contributed by atoms with E-state index in [1.165, 1.54) is 26.0 Å². The minimum atomic E-state index is -1.76. The van der Waals surface area contributed by atoms with E-state index >= 15 is 0 Å². The van der Waals surface area contributed by atoms with Crippen molar-refractivity contribution in [3.8, 4) is 0 Å². The number of furan rings is 1. The summed E-state index contributed by atoms with van der Waals surface area (Å²) >= 11 is 0. The average Bonchev–Trinajstić information content (AvgIpc) is 3.03. The van der Waals surface area contributed by atoms with E-state index in [4.69, 9.17) is 4.42 Å². The molecule has 0 aliphatic rings. The summed E-state index contributed by atoms with van der Waals surface area (Å²) in [4.78, 5) is 22.0. The Labute approximate surface area is 131 Å². The van der Waals surface area contributed by atoms with Crippen molar-refractivity contribution in [2.45, 2.75) is 19.4 Å². The number of nitrogens with zero attached hydrogens (tertiary/aromatic N) is 2. The largest absolute Gasteiger partial charge is 0.433 e. The van der Waals surface area contributed by atoms with E-state index in [-0.39, 0.29) is 11.5 Å². The maximum atomic E-state index is 12.1. The Kier molecular flexibility index (Phi) is 4.56. The van der Waals surface area contributed by atoms with Crippen molar-refractivity contribution in [3.05, 3.63) is 63.9 Å². The average molecular weight is 317 g/mol. The highest BCUT2D eigenvalue weighted by molar-refractivity contribution is 5.97. The van der Waals surface area contributed by atoms with Gasteiger partial charge in [0, 0.05) is 0 Å². The van der Waals surface area contributed by atoms with Gasteiger partial charge in [0.1, 0.15) is 10.6 Å². The summed E-state index contributed by atoms with van der Waals surface area (Å²) < 4.78 is 4.97. The molecule has 2 aromatic rings. The zero-order chi connectivity index (χ0) is 17.0. The van der Waals surface area contributed by atoms with E-state index in [2.05, 4.69) is 10.5 Å². The second kappa shape index (κ2) is 6.41. The lowest BCUT2D eigenvalue weighted by atomic mass is 9.95. The number of amides is 1. The number of hydrogen-bond acceptors (Lipinski definition) is 6. The highest BCUT2D eigenvalue weighted by atomic mass is 16.6. The molecular weight excluding hydrogens is 302 g/mol. The quantitative estimate of drug-likeness (QED) is 0.496. The smallest absolute Gasteiger partial charge is 0.399 e. The third-order valence-corrected chi connectivity index (χ3v) is 3.23. The van der Waals surface area contributed by atoms with Crippen molar-refractivity contribution in [3.63, 3.8) is 0 Å². The van der Waals surface area contributed by atoms with Crippen LogP contribution in [0, 0.1) is 10.1 Å². The van der Waals surface area contributed by atoms with Gasteiger partial charge >= 0.3 is 5.88 Å². The molecule has 0 spiro atoms. The van der Waals surface area contributed by atoms with Gasteiger partial charge in [-0.1, -0.05) is 30.3 Å². The third-order valence-electron chi connectivity index (χ3n) is 3.23. The van der Waals surface area contributed by atoms with Crippen LogP contribution in [0.25, 0.3) is 0 Å². The van der Waals surface area contributed by atoms with Crippen molar-refractivity contribution in [2.75, 3.05) is 0 Å². The number of benzene rings is 1. The van der Waals surface area contributed by atoms with Crippen LogP contribution in [0.4, 0.5) is 5.88 Å². The molecule has 1 heterocycles. The zero-order valence-electron chi connectivity index (χ0n) is 12.5. The molecule has 0 saturated heterocycles. The van der Waals surface area contributed by atoms with Crippen molar-refractivity contribution < 1.29 is 19.2 Å². The Morgan fingerprint density at radius 2 is 1.96 bits per heavy atom. The standard InChI is InChI=1S/C15H15N3O5/c1-10(12-8-9-13(23-12)18(21)22)16-17-14(19)15(2,20)11-6-4-3-5-7-11/h3-9,20H,1-2H3,(H,17,19)/b16-10-. The van der Waals surface area contributed by atoms with E-state index in [0.717, 1.165) is 0 Å². The molecule has 0 radical (unpaired) electrons. The molecule has 0 aliphatic carbocycles. The van der Waals surface area contributed by atoms with E-state index in [0.29, 0.717) is 5.56 Å². The number of carbonyl (C=O) groups excluding carboxylic acids is 1. The molecule has 1 aromatic carbocycles. The summed E-state index contributed by atoms with van der Waals surface area (Å²) in [6, 6.07) is 11.0. The third kappa shape index (κ3) is 3.61. The summed E-state index contributed by atoms with van der Waals surface area (Å²) in [6.45, 7) is 2.86. The molecule has 0 saturated carbocycles. The zero-order valence-corrected chi connectivity index (χ0v) is 12.5. The first-order valence-corrected chi connectivity index (χ1v) is 6.69. The second-order valence-electron chi connectivity index (χ2n) is 4.97. The van der Waals surface area contributed by atoms with Crippen LogP contribution in [0.2, 0.25) is 0 Å². The van der Waals surface area contributed by atoms with E-state index < -0.39 is 22.3 Å². The minimum absolute atomic E-state index is 0.149. The lowest BCUT2D eigenvalue weighted by molar-refractivity contribution is -0.402. The molecule has 0 bridgehead atoms. The van der Waals surface area contributed by atoms with Crippen LogP contribution in [-0.4, -0.2) is 21.6 Å². The summed E-state index contributed by atoms with van der Waals surface area (Å²) in [5.74, 6) is -1.00. The van der Waals surface area contributed by atoms with Crippen molar-refractivity contribution >= 4 is 17.5 Å². The first-order valence-electron chi connectivity index (χ1n) is 6.69. The van der Waals surface area contributed by atoms with Gasteiger partial charge in [0.25, 0.3) is 5.91 Å². The summed E-state index contributed by atoms with van der Waals surface area (Å²) in [5, 5.41) is 24.7. The van der Waals surface area contributed by atoms with Crippen LogP contribution in [0.15, 0.2) is 52.0 Å². The Morgan fingerprint density at radius 3 is 2.52 bits per heavy atom. The van der Waals surface area contributed by atoms with Crippen LogP contribution >= 0.6 is 0 Å². The lowest BCUT2D eigenvalue weighted by Crippen LogP contribution is -2.40. The van der Waals surface area contributed by atoms with Crippen LogP contribution in [-0.2, 0) is 10.4 Å². The topological polar surface area (TPSA) is 118 Å². The molecule has 8 heteroatoms. The van der Waals surface area contributed by atoms with Gasteiger partial charge in [-0.25, -0.2) is 5.43 Å². The van der Waals surface area contributed by atoms with Gasteiger partial charge in [0.05, 0.1) is 6.07 Å². The predicted octanol–water partition coefficient (Wildman–Crippen LogP) is 1.94. The SMILES string of the molecule is C/C(=N/NC(=O)C(C)(O)c1ccccc1)c1ccc([N+](=O)[O-])o1. The normalized spacial score (nSPS) is 14.1. The Hall–Kier alpha value is -3.00. The van der Waals surface area contributed by atoms with Gasteiger partial charge in [0.2, 0.25) is 0 Å². The number of aliphatic hydroxyl groups is 1. The minimum Gasteiger partial charge on any atom is -0.399 e. The molecule has 0 fully saturated rings. The lowest BCUT2D eigenvalue weighted by Gasteiger charge is -2.21. The van der Waals surface area contributed by atoms with Gasteiger partial charge < -0.3 is 9.52 Å². The van der Waals surface area contributed by atoms with E-state index in [1.54, 1.807) is 30.3 Å². The number of rotatable bonds is 5. The van der Waals surface area contributed by atoms with Gasteiger partial charge in [0.15, 0.2) is 11.4 Å². The molecule has 120 valence electrons. The van der Waals surface area contributed by atoms with Gasteiger partial charge in [-0.3, -0.25) is 14.9 Å². The maximum Gasteiger partial charge on any atom is 0.433 e. The molecule has 1 aromatic heterocycles. The highest BCUT2D eigenvalue weighted by Gasteiger charge is 2.32. The summed E-state index contributed by atoms with van der Waals surface area (Å²) in [5.41, 5.74) is 1.11. The Bertz CT molecular complexity index is 749. The number of nitrogens with one attached hydrogen (secondary N) is 1.